The van der Waals surface area contributed by atoms with Gasteiger partial charge in [0.05, 0.1) is 11.6 Å². The zero-order valence-electron chi connectivity index (χ0n) is 16.4. The Morgan fingerprint density at radius 3 is 2.68 bits per heavy atom. The van der Waals surface area contributed by atoms with E-state index in [9.17, 15) is 5.11 Å². The molecule has 0 radical (unpaired) electrons. The number of β-amino-alcohol motifs (C(OH)–C–C–N with tert-alkyl or cyclic N) is 1. The maximum atomic E-state index is 10.2. The molecular formula is C19H28ClN5O3. The summed E-state index contributed by atoms with van der Waals surface area (Å²) in [6.45, 7) is 6.97. The maximum Gasteiger partial charge on any atom is 0.233 e. The third-order valence-electron chi connectivity index (χ3n) is 4.17. The number of nitrogen functional groups attached to an aromatic ring is 1. The number of aryl methyl sites for hydroxylation is 1. The molecule has 8 nitrogen and oxygen atoms in total. The van der Waals surface area contributed by atoms with E-state index in [1.54, 1.807) is 18.2 Å². The minimum atomic E-state index is -0.668. The molecule has 0 bridgehead atoms. The van der Waals surface area contributed by atoms with Crippen molar-refractivity contribution in [3.05, 3.63) is 40.9 Å². The van der Waals surface area contributed by atoms with Crippen molar-refractivity contribution in [1.82, 2.24) is 15.5 Å². The van der Waals surface area contributed by atoms with Crippen LogP contribution >= 0.6 is 11.6 Å². The standard InChI is InChI=1S/C19H28ClN5O3/c1-13-5-4-6-15(18(13)20)28-12-14(26)11-22-19(2,3)9-10-27-17-8-7-16(23-21)24-25-17/h4-8,14,22,26H,9-12,21H2,1-3H3,(H,23,24). The zero-order chi connectivity index (χ0) is 20.6. The van der Waals surface area contributed by atoms with Crippen molar-refractivity contribution in [2.24, 2.45) is 5.84 Å². The average Bonchev–Trinajstić information content (AvgIpc) is 2.68. The van der Waals surface area contributed by atoms with Gasteiger partial charge in [-0.3, -0.25) is 0 Å². The predicted octanol–water partition coefficient (Wildman–Crippen LogP) is 2.30. The van der Waals surface area contributed by atoms with E-state index in [1.807, 2.05) is 32.9 Å². The summed E-state index contributed by atoms with van der Waals surface area (Å²) in [5, 5.41) is 21.8. The van der Waals surface area contributed by atoms with Gasteiger partial charge in [-0.25, -0.2) is 5.84 Å². The van der Waals surface area contributed by atoms with Crippen LogP contribution in [0.4, 0.5) is 5.82 Å². The summed E-state index contributed by atoms with van der Waals surface area (Å²) >= 11 is 6.20. The fourth-order valence-electron chi connectivity index (χ4n) is 2.34. The number of ether oxygens (including phenoxy) is 2. The fraction of sp³-hybridized carbons (Fsp3) is 0.474. The van der Waals surface area contributed by atoms with E-state index < -0.39 is 6.10 Å². The van der Waals surface area contributed by atoms with Gasteiger partial charge in [0.1, 0.15) is 18.5 Å². The molecule has 28 heavy (non-hydrogen) atoms. The first-order chi connectivity index (χ1) is 13.3. The molecule has 0 aliphatic rings. The molecule has 1 atom stereocenters. The Kier molecular flexibility index (Phi) is 8.25. The highest BCUT2D eigenvalue weighted by atomic mass is 35.5. The molecule has 0 aliphatic heterocycles. The average molecular weight is 410 g/mol. The molecule has 1 heterocycles. The summed E-state index contributed by atoms with van der Waals surface area (Å²) < 4.78 is 11.2. The van der Waals surface area contributed by atoms with Gasteiger partial charge in [-0.1, -0.05) is 23.7 Å². The predicted molar refractivity (Wildman–Crippen MR) is 110 cm³/mol. The van der Waals surface area contributed by atoms with Gasteiger partial charge in [0.25, 0.3) is 0 Å². The summed E-state index contributed by atoms with van der Waals surface area (Å²) in [6, 6.07) is 8.94. The molecule has 0 amide bonds. The first-order valence-electron chi connectivity index (χ1n) is 9.05. The lowest BCUT2D eigenvalue weighted by molar-refractivity contribution is 0.0964. The second-order valence-corrected chi connectivity index (χ2v) is 7.49. The van der Waals surface area contributed by atoms with Gasteiger partial charge in [-0.2, -0.15) is 0 Å². The van der Waals surface area contributed by atoms with E-state index in [-0.39, 0.29) is 12.1 Å². The van der Waals surface area contributed by atoms with Gasteiger partial charge in [0, 0.05) is 18.2 Å². The summed E-state index contributed by atoms with van der Waals surface area (Å²) in [5.74, 6) is 6.72. The van der Waals surface area contributed by atoms with Crippen LogP contribution in [0.3, 0.4) is 0 Å². The molecular weight excluding hydrogens is 382 g/mol. The molecule has 2 rings (SSSR count). The Balaban J connectivity index is 1.70. The molecule has 0 saturated heterocycles. The number of halogens is 1. The summed E-state index contributed by atoms with van der Waals surface area (Å²) in [7, 11) is 0. The zero-order valence-corrected chi connectivity index (χ0v) is 17.2. The molecule has 0 aliphatic carbocycles. The smallest absolute Gasteiger partial charge is 0.233 e. The molecule has 0 saturated carbocycles. The number of nitrogens with one attached hydrogen (secondary N) is 2. The maximum absolute atomic E-state index is 10.2. The van der Waals surface area contributed by atoms with Crippen molar-refractivity contribution in [2.45, 2.75) is 38.8 Å². The second-order valence-electron chi connectivity index (χ2n) is 7.12. The van der Waals surface area contributed by atoms with Gasteiger partial charge in [0.2, 0.25) is 5.88 Å². The van der Waals surface area contributed by atoms with E-state index in [4.69, 9.17) is 26.9 Å². The van der Waals surface area contributed by atoms with Crippen LogP contribution in [0, 0.1) is 6.92 Å². The Morgan fingerprint density at radius 2 is 2.00 bits per heavy atom. The molecule has 2 aromatic rings. The van der Waals surface area contributed by atoms with Gasteiger partial charge < -0.3 is 25.3 Å². The van der Waals surface area contributed by atoms with Crippen molar-refractivity contribution in [2.75, 3.05) is 25.2 Å². The lowest BCUT2D eigenvalue weighted by atomic mass is 10.0. The summed E-state index contributed by atoms with van der Waals surface area (Å²) in [4.78, 5) is 0. The SMILES string of the molecule is Cc1cccc(OCC(O)CNC(C)(C)CCOc2ccc(NN)nn2)c1Cl. The number of rotatable bonds is 11. The fourth-order valence-corrected chi connectivity index (χ4v) is 2.52. The van der Waals surface area contributed by atoms with E-state index in [2.05, 4.69) is 20.9 Å². The van der Waals surface area contributed by atoms with Crippen LogP contribution in [0.25, 0.3) is 0 Å². The Bertz CT molecular complexity index is 743. The van der Waals surface area contributed by atoms with Crippen LogP contribution in [0.5, 0.6) is 11.6 Å². The second kappa shape index (κ2) is 10.4. The van der Waals surface area contributed by atoms with Crippen LogP contribution in [0.15, 0.2) is 30.3 Å². The first kappa shape index (κ1) is 22.2. The van der Waals surface area contributed by atoms with Gasteiger partial charge in [0.15, 0.2) is 5.82 Å². The molecule has 1 aromatic heterocycles. The highest BCUT2D eigenvalue weighted by Crippen LogP contribution is 2.27. The minimum absolute atomic E-state index is 0.153. The Morgan fingerprint density at radius 1 is 1.21 bits per heavy atom. The molecule has 0 spiro atoms. The molecule has 9 heteroatoms. The van der Waals surface area contributed by atoms with E-state index >= 15 is 0 Å². The number of aliphatic hydroxyl groups is 1. The highest BCUT2D eigenvalue weighted by molar-refractivity contribution is 6.32. The molecule has 154 valence electrons. The lowest BCUT2D eigenvalue weighted by Crippen LogP contribution is -2.45. The van der Waals surface area contributed by atoms with Gasteiger partial charge in [-0.15, -0.1) is 10.2 Å². The van der Waals surface area contributed by atoms with Crippen LogP contribution in [-0.2, 0) is 0 Å². The number of nitrogens with two attached hydrogens (primary N) is 1. The van der Waals surface area contributed by atoms with Crippen molar-refractivity contribution < 1.29 is 14.6 Å². The number of aliphatic hydroxyl groups excluding tert-OH is 1. The van der Waals surface area contributed by atoms with Crippen molar-refractivity contribution in [3.63, 3.8) is 0 Å². The van der Waals surface area contributed by atoms with Crippen LogP contribution in [-0.4, -0.2) is 46.7 Å². The monoisotopic (exact) mass is 409 g/mol. The quantitative estimate of drug-likeness (QED) is 0.330. The lowest BCUT2D eigenvalue weighted by Gasteiger charge is -2.27. The highest BCUT2D eigenvalue weighted by Gasteiger charge is 2.19. The largest absolute Gasteiger partial charge is 0.489 e. The number of hydrazine groups is 1. The summed E-state index contributed by atoms with van der Waals surface area (Å²) in [5.41, 5.74) is 3.10. The van der Waals surface area contributed by atoms with Crippen molar-refractivity contribution >= 4 is 17.4 Å². The number of hydrogen-bond donors (Lipinski definition) is 4. The van der Waals surface area contributed by atoms with Crippen molar-refractivity contribution in [1.29, 1.82) is 0 Å². The van der Waals surface area contributed by atoms with Crippen LogP contribution < -0.4 is 26.1 Å². The minimum Gasteiger partial charge on any atom is -0.489 e. The third kappa shape index (κ3) is 7.12. The first-order valence-corrected chi connectivity index (χ1v) is 9.42. The van der Waals surface area contributed by atoms with E-state index in [0.29, 0.717) is 42.0 Å². The Hall–Kier alpha value is -2.13. The topological polar surface area (TPSA) is 115 Å². The van der Waals surface area contributed by atoms with E-state index in [1.165, 1.54) is 0 Å². The number of nitrogens with zero attached hydrogens (tertiary/aromatic N) is 2. The number of aromatic nitrogens is 2. The van der Waals surface area contributed by atoms with Crippen molar-refractivity contribution in [3.8, 4) is 11.6 Å². The van der Waals surface area contributed by atoms with Gasteiger partial charge in [-0.05, 0) is 44.9 Å². The molecule has 0 fully saturated rings. The number of anilines is 1. The normalized spacial score (nSPS) is 12.5. The van der Waals surface area contributed by atoms with Crippen LogP contribution in [0.2, 0.25) is 5.02 Å². The van der Waals surface area contributed by atoms with Gasteiger partial charge >= 0.3 is 0 Å². The number of benzene rings is 1. The van der Waals surface area contributed by atoms with E-state index in [0.717, 1.165) is 5.56 Å². The third-order valence-corrected chi connectivity index (χ3v) is 4.65. The number of hydrogen-bond acceptors (Lipinski definition) is 8. The Labute approximate surface area is 170 Å². The molecule has 5 N–H and O–H groups in total. The molecule has 1 aromatic carbocycles. The molecule has 1 unspecified atom stereocenters. The summed E-state index contributed by atoms with van der Waals surface area (Å²) in [6.07, 6.45) is 0.0435. The van der Waals surface area contributed by atoms with Crippen LogP contribution in [0.1, 0.15) is 25.8 Å².